The fraction of sp³-hybridized carbons (Fsp3) is 0.391. The second kappa shape index (κ2) is 8.55. The first-order chi connectivity index (χ1) is 14.2. The number of nitrogens with zero attached hydrogens (tertiary/aromatic N) is 2. The summed E-state index contributed by atoms with van der Waals surface area (Å²) in [6.07, 6.45) is 0.639. The summed E-state index contributed by atoms with van der Waals surface area (Å²) < 4.78 is 5.41. The number of hydrogen-bond donors (Lipinski definition) is 1. The van der Waals surface area contributed by atoms with Gasteiger partial charge in [0.05, 0.1) is 18.4 Å². The molecule has 2 atom stereocenters. The Balaban J connectivity index is 1.25. The third kappa shape index (κ3) is 4.53. The molecule has 4 rings (SSSR count). The van der Waals surface area contributed by atoms with Gasteiger partial charge in [0.15, 0.2) is 0 Å². The van der Waals surface area contributed by atoms with Gasteiger partial charge in [0.25, 0.3) is 0 Å². The predicted octanol–water partition coefficient (Wildman–Crippen LogP) is 3.01. The minimum Gasteiger partial charge on any atom is -0.494 e. The largest absolute Gasteiger partial charge is 0.494 e. The van der Waals surface area contributed by atoms with Crippen molar-refractivity contribution in [2.24, 2.45) is 11.8 Å². The molecule has 1 aliphatic heterocycles. The highest BCUT2D eigenvalue weighted by atomic mass is 16.5. The van der Waals surface area contributed by atoms with Crippen LogP contribution in [0.5, 0.6) is 5.75 Å². The second-order valence-corrected chi connectivity index (χ2v) is 7.54. The van der Waals surface area contributed by atoms with Crippen molar-refractivity contribution in [2.75, 3.05) is 43.0 Å². The molecule has 1 saturated heterocycles. The van der Waals surface area contributed by atoms with E-state index in [1.54, 1.807) is 0 Å². The van der Waals surface area contributed by atoms with Crippen LogP contribution in [0.25, 0.3) is 0 Å². The highest BCUT2D eigenvalue weighted by Crippen LogP contribution is 2.41. The Morgan fingerprint density at radius 3 is 2.31 bits per heavy atom. The van der Waals surface area contributed by atoms with Gasteiger partial charge in [0, 0.05) is 37.6 Å². The van der Waals surface area contributed by atoms with E-state index in [2.05, 4.69) is 22.3 Å². The molecule has 1 heterocycles. The molecule has 2 aromatic carbocycles. The lowest BCUT2D eigenvalue weighted by molar-refractivity contribution is -0.134. The van der Waals surface area contributed by atoms with E-state index in [0.29, 0.717) is 26.1 Å². The van der Waals surface area contributed by atoms with Crippen molar-refractivity contribution in [1.82, 2.24) is 4.90 Å². The van der Waals surface area contributed by atoms with Crippen LogP contribution in [-0.4, -0.2) is 49.5 Å². The highest BCUT2D eigenvalue weighted by Gasteiger charge is 2.49. The number of hydrogen-bond acceptors (Lipinski definition) is 4. The maximum absolute atomic E-state index is 12.8. The molecule has 1 saturated carbocycles. The molecular formula is C23H27N3O3. The van der Waals surface area contributed by atoms with Crippen LogP contribution in [0.2, 0.25) is 0 Å². The van der Waals surface area contributed by atoms with E-state index in [4.69, 9.17) is 4.74 Å². The molecule has 2 aromatic rings. The molecular weight excluding hydrogens is 366 g/mol. The van der Waals surface area contributed by atoms with Crippen molar-refractivity contribution >= 4 is 23.2 Å². The Morgan fingerprint density at radius 2 is 1.66 bits per heavy atom. The molecule has 0 bridgehead atoms. The van der Waals surface area contributed by atoms with Gasteiger partial charge in [-0.1, -0.05) is 18.2 Å². The number of anilines is 2. The Morgan fingerprint density at radius 1 is 0.966 bits per heavy atom. The number of rotatable bonds is 6. The molecule has 29 heavy (non-hydrogen) atoms. The lowest BCUT2D eigenvalue weighted by atomic mass is 10.2. The topological polar surface area (TPSA) is 61.9 Å². The number of nitrogens with one attached hydrogen (secondary N) is 1. The summed E-state index contributed by atoms with van der Waals surface area (Å²) in [6, 6.07) is 17.6. The first-order valence-electron chi connectivity index (χ1n) is 10.3. The Hall–Kier alpha value is -3.02. The second-order valence-electron chi connectivity index (χ2n) is 7.54. The van der Waals surface area contributed by atoms with E-state index < -0.39 is 0 Å². The van der Waals surface area contributed by atoms with E-state index in [1.807, 2.05) is 54.3 Å². The zero-order valence-corrected chi connectivity index (χ0v) is 16.7. The molecule has 0 radical (unpaired) electrons. The molecule has 2 amide bonds. The van der Waals surface area contributed by atoms with E-state index in [9.17, 15) is 9.59 Å². The number of ether oxygens (including phenoxy) is 1. The van der Waals surface area contributed by atoms with Crippen LogP contribution in [0.15, 0.2) is 54.6 Å². The smallest absolute Gasteiger partial charge is 0.228 e. The summed E-state index contributed by atoms with van der Waals surface area (Å²) in [6.45, 7) is 5.60. The zero-order chi connectivity index (χ0) is 20.2. The van der Waals surface area contributed by atoms with E-state index >= 15 is 0 Å². The number of carbonyl (C=O) groups excluding carboxylic acids is 2. The quantitative estimate of drug-likeness (QED) is 0.820. The molecule has 2 unspecified atom stereocenters. The molecule has 0 spiro atoms. The summed E-state index contributed by atoms with van der Waals surface area (Å²) in [4.78, 5) is 29.5. The van der Waals surface area contributed by atoms with Crippen molar-refractivity contribution in [3.8, 4) is 5.75 Å². The molecule has 1 N–H and O–H groups in total. The number of piperazine rings is 1. The van der Waals surface area contributed by atoms with Crippen LogP contribution in [0, 0.1) is 11.8 Å². The number of para-hydroxylation sites is 1. The maximum Gasteiger partial charge on any atom is 0.228 e. The minimum atomic E-state index is -0.221. The van der Waals surface area contributed by atoms with Crippen molar-refractivity contribution in [3.05, 3.63) is 54.6 Å². The van der Waals surface area contributed by atoms with Gasteiger partial charge in [0.2, 0.25) is 11.8 Å². The summed E-state index contributed by atoms with van der Waals surface area (Å²) in [5.74, 6) is 0.418. The lowest BCUT2D eigenvalue weighted by Crippen LogP contribution is -2.49. The summed E-state index contributed by atoms with van der Waals surface area (Å²) in [7, 11) is 0. The fourth-order valence-corrected chi connectivity index (χ4v) is 3.85. The monoisotopic (exact) mass is 393 g/mol. The van der Waals surface area contributed by atoms with E-state index in [1.165, 1.54) is 5.69 Å². The SMILES string of the molecule is CCOc1ccc(NC(=O)C2CC2C(=O)N2CCN(c3ccccc3)CC2)cc1. The van der Waals surface area contributed by atoms with Crippen LogP contribution in [0.1, 0.15) is 13.3 Å². The predicted molar refractivity (Wildman–Crippen MR) is 113 cm³/mol. The maximum atomic E-state index is 12.8. The van der Waals surface area contributed by atoms with Crippen molar-refractivity contribution in [3.63, 3.8) is 0 Å². The van der Waals surface area contributed by atoms with Gasteiger partial charge in [-0.3, -0.25) is 9.59 Å². The Labute approximate surface area is 171 Å². The number of benzene rings is 2. The van der Waals surface area contributed by atoms with Gasteiger partial charge in [-0.05, 0) is 49.7 Å². The summed E-state index contributed by atoms with van der Waals surface area (Å²) >= 11 is 0. The van der Waals surface area contributed by atoms with Crippen LogP contribution < -0.4 is 15.0 Å². The first-order valence-corrected chi connectivity index (χ1v) is 10.3. The van der Waals surface area contributed by atoms with Gasteiger partial charge < -0.3 is 19.9 Å². The first kappa shape index (κ1) is 19.3. The summed E-state index contributed by atoms with van der Waals surface area (Å²) in [5, 5.41) is 2.92. The van der Waals surface area contributed by atoms with Gasteiger partial charge in [-0.2, -0.15) is 0 Å². The Kier molecular flexibility index (Phi) is 5.69. The van der Waals surface area contributed by atoms with Crippen LogP contribution in [0.3, 0.4) is 0 Å². The molecule has 1 aliphatic carbocycles. The van der Waals surface area contributed by atoms with Gasteiger partial charge in [0.1, 0.15) is 5.75 Å². The fourth-order valence-electron chi connectivity index (χ4n) is 3.85. The standard InChI is InChI=1S/C23H27N3O3/c1-2-29-19-10-8-17(9-11-19)24-22(27)20-16-21(20)23(28)26-14-12-25(13-15-26)18-6-4-3-5-7-18/h3-11,20-21H,2,12-16H2,1H3,(H,24,27). The van der Waals surface area contributed by atoms with Crippen molar-refractivity contribution in [2.45, 2.75) is 13.3 Å². The summed E-state index contributed by atoms with van der Waals surface area (Å²) in [5.41, 5.74) is 1.92. The minimum absolute atomic E-state index is 0.0737. The third-order valence-corrected chi connectivity index (χ3v) is 5.59. The van der Waals surface area contributed by atoms with Crippen molar-refractivity contribution < 1.29 is 14.3 Å². The lowest BCUT2D eigenvalue weighted by Gasteiger charge is -2.36. The van der Waals surface area contributed by atoms with Gasteiger partial charge in [-0.25, -0.2) is 0 Å². The van der Waals surface area contributed by atoms with E-state index in [-0.39, 0.29) is 23.7 Å². The average molecular weight is 393 g/mol. The molecule has 6 heteroatoms. The van der Waals surface area contributed by atoms with Crippen LogP contribution in [-0.2, 0) is 9.59 Å². The van der Waals surface area contributed by atoms with Crippen molar-refractivity contribution in [1.29, 1.82) is 0 Å². The normalized spacial score (nSPS) is 20.9. The van der Waals surface area contributed by atoms with E-state index in [0.717, 1.165) is 24.5 Å². The Bertz CT molecular complexity index is 845. The zero-order valence-electron chi connectivity index (χ0n) is 16.7. The number of amides is 2. The molecule has 2 fully saturated rings. The molecule has 2 aliphatic rings. The van der Waals surface area contributed by atoms with Crippen LogP contribution >= 0.6 is 0 Å². The molecule has 6 nitrogen and oxygen atoms in total. The highest BCUT2D eigenvalue weighted by molar-refractivity contribution is 5.99. The third-order valence-electron chi connectivity index (χ3n) is 5.59. The van der Waals surface area contributed by atoms with Gasteiger partial charge in [-0.15, -0.1) is 0 Å². The number of carbonyl (C=O) groups is 2. The molecule has 0 aromatic heterocycles. The van der Waals surface area contributed by atoms with Gasteiger partial charge >= 0.3 is 0 Å². The molecule has 152 valence electrons. The average Bonchev–Trinajstić information content (AvgIpc) is 3.57. The van der Waals surface area contributed by atoms with Crippen LogP contribution in [0.4, 0.5) is 11.4 Å².